The van der Waals surface area contributed by atoms with Crippen molar-refractivity contribution in [3.05, 3.63) is 38.2 Å². The molecule has 0 saturated heterocycles. The van der Waals surface area contributed by atoms with Crippen molar-refractivity contribution < 1.29 is 13.2 Å². The van der Waals surface area contributed by atoms with E-state index in [0.29, 0.717) is 0 Å². The summed E-state index contributed by atoms with van der Waals surface area (Å²) in [6.07, 6.45) is -4.81. The van der Waals surface area contributed by atoms with E-state index in [4.69, 9.17) is 23.2 Å². The third-order valence-corrected chi connectivity index (χ3v) is 2.83. The van der Waals surface area contributed by atoms with E-state index in [2.05, 4.69) is 4.98 Å². The SMILES string of the molecule is O=c1[nH]c2c(Cl)c(Cl)ccc2nc1C(F)(F)F. The number of nitrogens with one attached hydrogen (secondary N) is 1. The molecule has 1 aromatic heterocycles. The van der Waals surface area contributed by atoms with Gasteiger partial charge in [-0.3, -0.25) is 4.79 Å². The first kappa shape index (κ1) is 12.2. The molecule has 0 bridgehead atoms. The molecule has 0 atom stereocenters. The molecule has 8 heteroatoms. The molecular formula is C9H3Cl2F3N2O. The van der Waals surface area contributed by atoms with Crippen molar-refractivity contribution in [1.29, 1.82) is 0 Å². The molecular weight excluding hydrogens is 280 g/mol. The molecule has 1 N–H and O–H groups in total. The Labute approximate surface area is 102 Å². The van der Waals surface area contributed by atoms with Crippen LogP contribution in [0.5, 0.6) is 0 Å². The van der Waals surface area contributed by atoms with E-state index in [1.807, 2.05) is 4.98 Å². The minimum Gasteiger partial charge on any atom is -0.317 e. The number of H-pyrrole nitrogens is 1. The maximum atomic E-state index is 12.4. The molecule has 90 valence electrons. The molecule has 0 amide bonds. The Hall–Kier alpha value is -1.27. The third-order valence-electron chi connectivity index (χ3n) is 2.03. The van der Waals surface area contributed by atoms with Gasteiger partial charge in [-0.05, 0) is 12.1 Å². The fourth-order valence-corrected chi connectivity index (χ4v) is 1.65. The van der Waals surface area contributed by atoms with Gasteiger partial charge in [0.15, 0.2) is 0 Å². The summed E-state index contributed by atoms with van der Waals surface area (Å²) in [5, 5.41) is 0.0823. The fourth-order valence-electron chi connectivity index (χ4n) is 1.29. The topological polar surface area (TPSA) is 45.8 Å². The van der Waals surface area contributed by atoms with Crippen LogP contribution in [-0.2, 0) is 6.18 Å². The summed E-state index contributed by atoms with van der Waals surface area (Å²) in [5.74, 6) is 0. The maximum absolute atomic E-state index is 12.4. The van der Waals surface area contributed by atoms with Crippen molar-refractivity contribution >= 4 is 34.2 Å². The van der Waals surface area contributed by atoms with Gasteiger partial charge in [0.05, 0.1) is 21.1 Å². The number of aromatic amines is 1. The molecule has 0 aliphatic carbocycles. The first-order valence-corrected chi connectivity index (χ1v) is 5.01. The van der Waals surface area contributed by atoms with Crippen molar-refractivity contribution in [3.8, 4) is 0 Å². The molecule has 0 aliphatic heterocycles. The maximum Gasteiger partial charge on any atom is 0.438 e. The van der Waals surface area contributed by atoms with Crippen molar-refractivity contribution in [1.82, 2.24) is 9.97 Å². The molecule has 0 unspecified atom stereocenters. The smallest absolute Gasteiger partial charge is 0.317 e. The molecule has 3 nitrogen and oxygen atoms in total. The molecule has 0 aliphatic rings. The minimum absolute atomic E-state index is 0.0165. The Morgan fingerprint density at radius 2 is 1.88 bits per heavy atom. The summed E-state index contributed by atoms with van der Waals surface area (Å²) in [6.45, 7) is 0. The van der Waals surface area contributed by atoms with Crippen LogP contribution >= 0.6 is 23.2 Å². The Kier molecular flexibility index (Phi) is 2.79. The third kappa shape index (κ3) is 2.10. The number of benzene rings is 1. The Morgan fingerprint density at radius 3 is 2.47 bits per heavy atom. The normalized spacial score (nSPS) is 12.1. The first-order chi connectivity index (χ1) is 7.80. The van der Waals surface area contributed by atoms with Crippen LogP contribution in [0.2, 0.25) is 10.0 Å². The second-order valence-electron chi connectivity index (χ2n) is 3.17. The van der Waals surface area contributed by atoms with Gasteiger partial charge in [0.1, 0.15) is 0 Å². The Bertz CT molecular complexity index is 651. The van der Waals surface area contributed by atoms with Crippen LogP contribution in [0.4, 0.5) is 13.2 Å². The number of fused-ring (bicyclic) bond motifs is 1. The van der Waals surface area contributed by atoms with Gasteiger partial charge in [-0.15, -0.1) is 0 Å². The first-order valence-electron chi connectivity index (χ1n) is 4.26. The second-order valence-corrected chi connectivity index (χ2v) is 3.95. The van der Waals surface area contributed by atoms with E-state index in [1.54, 1.807) is 0 Å². The molecule has 0 saturated carbocycles. The number of aromatic nitrogens is 2. The van der Waals surface area contributed by atoms with Gasteiger partial charge in [-0.2, -0.15) is 13.2 Å². The average molecular weight is 283 g/mol. The predicted octanol–water partition coefficient (Wildman–Crippen LogP) is 3.25. The zero-order valence-corrected chi connectivity index (χ0v) is 9.41. The summed E-state index contributed by atoms with van der Waals surface area (Å²) in [6, 6.07) is 2.55. The summed E-state index contributed by atoms with van der Waals surface area (Å²) in [7, 11) is 0. The van der Waals surface area contributed by atoms with Crippen LogP contribution in [0.15, 0.2) is 16.9 Å². The van der Waals surface area contributed by atoms with E-state index in [1.165, 1.54) is 12.1 Å². The number of nitrogens with zero attached hydrogens (tertiary/aromatic N) is 1. The number of rotatable bonds is 0. The van der Waals surface area contributed by atoms with Gasteiger partial charge >= 0.3 is 6.18 Å². The van der Waals surface area contributed by atoms with Gasteiger partial charge in [-0.1, -0.05) is 23.2 Å². The zero-order chi connectivity index (χ0) is 12.8. The quantitative estimate of drug-likeness (QED) is 0.806. The lowest BCUT2D eigenvalue weighted by atomic mass is 10.3. The summed E-state index contributed by atoms with van der Waals surface area (Å²) < 4.78 is 37.2. The van der Waals surface area contributed by atoms with E-state index in [-0.39, 0.29) is 21.1 Å². The lowest BCUT2D eigenvalue weighted by molar-refractivity contribution is -0.142. The van der Waals surface area contributed by atoms with E-state index < -0.39 is 17.4 Å². The summed E-state index contributed by atoms with van der Waals surface area (Å²) >= 11 is 11.4. The Morgan fingerprint density at radius 1 is 1.24 bits per heavy atom. The van der Waals surface area contributed by atoms with Crippen LogP contribution in [-0.4, -0.2) is 9.97 Å². The van der Waals surface area contributed by atoms with Crippen LogP contribution in [0.3, 0.4) is 0 Å². The number of hydrogen-bond acceptors (Lipinski definition) is 2. The highest BCUT2D eigenvalue weighted by molar-refractivity contribution is 6.44. The van der Waals surface area contributed by atoms with Crippen LogP contribution in [0.25, 0.3) is 11.0 Å². The molecule has 1 aromatic carbocycles. The number of hydrogen-bond donors (Lipinski definition) is 1. The second kappa shape index (κ2) is 3.89. The highest BCUT2D eigenvalue weighted by Crippen LogP contribution is 2.30. The molecule has 2 rings (SSSR count). The Balaban J connectivity index is 2.85. The molecule has 0 fully saturated rings. The van der Waals surface area contributed by atoms with Gasteiger partial charge in [0.2, 0.25) is 5.69 Å². The van der Waals surface area contributed by atoms with Crippen molar-refractivity contribution in [2.24, 2.45) is 0 Å². The standard InChI is InChI=1S/C9H3Cl2F3N2O/c10-3-1-2-4-6(5(3)11)16-8(17)7(15-4)9(12,13)14/h1-2H,(H,16,17). The summed E-state index contributed by atoms with van der Waals surface area (Å²) in [5.41, 5.74) is -2.96. The molecule has 0 radical (unpaired) electrons. The highest BCUT2D eigenvalue weighted by Gasteiger charge is 2.36. The van der Waals surface area contributed by atoms with Crippen molar-refractivity contribution in [2.45, 2.75) is 6.18 Å². The van der Waals surface area contributed by atoms with Crippen LogP contribution in [0.1, 0.15) is 5.69 Å². The van der Waals surface area contributed by atoms with Gasteiger partial charge in [0.25, 0.3) is 5.56 Å². The van der Waals surface area contributed by atoms with Gasteiger partial charge in [0, 0.05) is 0 Å². The molecule has 17 heavy (non-hydrogen) atoms. The molecule has 1 heterocycles. The molecule has 0 spiro atoms. The van der Waals surface area contributed by atoms with E-state index in [9.17, 15) is 18.0 Å². The number of halogens is 5. The van der Waals surface area contributed by atoms with E-state index >= 15 is 0 Å². The molecule has 2 aromatic rings. The zero-order valence-electron chi connectivity index (χ0n) is 7.90. The predicted molar refractivity (Wildman–Crippen MR) is 57.4 cm³/mol. The largest absolute Gasteiger partial charge is 0.438 e. The average Bonchev–Trinajstić information content (AvgIpc) is 2.22. The minimum atomic E-state index is -4.81. The van der Waals surface area contributed by atoms with Crippen molar-refractivity contribution in [3.63, 3.8) is 0 Å². The van der Waals surface area contributed by atoms with Crippen molar-refractivity contribution in [2.75, 3.05) is 0 Å². The number of alkyl halides is 3. The van der Waals surface area contributed by atoms with Crippen LogP contribution < -0.4 is 5.56 Å². The van der Waals surface area contributed by atoms with Crippen LogP contribution in [0, 0.1) is 0 Å². The monoisotopic (exact) mass is 282 g/mol. The highest BCUT2D eigenvalue weighted by atomic mass is 35.5. The van der Waals surface area contributed by atoms with E-state index in [0.717, 1.165) is 0 Å². The summed E-state index contributed by atoms with van der Waals surface area (Å²) in [4.78, 5) is 16.5. The lowest BCUT2D eigenvalue weighted by Crippen LogP contribution is -2.23. The lowest BCUT2D eigenvalue weighted by Gasteiger charge is -2.07. The fraction of sp³-hybridized carbons (Fsp3) is 0.111. The van der Waals surface area contributed by atoms with Gasteiger partial charge in [-0.25, -0.2) is 4.98 Å². The van der Waals surface area contributed by atoms with Gasteiger partial charge < -0.3 is 4.98 Å².